The zero-order chi connectivity index (χ0) is 12.3. The van der Waals surface area contributed by atoms with Crippen molar-refractivity contribution in [3.05, 3.63) is 42.5 Å². The van der Waals surface area contributed by atoms with Gasteiger partial charge in [0, 0.05) is 5.39 Å². The number of aldehydes is 1. The number of hydrogen-bond donors (Lipinski definition) is 0. The Balaban J connectivity index is 2.38. The Morgan fingerprint density at radius 2 is 1.76 bits per heavy atom. The molecule has 0 amide bonds. The third-order valence-corrected chi connectivity index (χ3v) is 2.80. The van der Waals surface area contributed by atoms with Gasteiger partial charge in [0.15, 0.2) is 12.4 Å². The van der Waals surface area contributed by atoms with Crippen molar-refractivity contribution in [2.24, 2.45) is 5.92 Å². The molecular formula is C15H16O2. The molecule has 0 fully saturated rings. The van der Waals surface area contributed by atoms with E-state index in [-0.39, 0.29) is 12.0 Å². The molecule has 0 aliphatic rings. The van der Waals surface area contributed by atoms with Crippen LogP contribution in [0.1, 0.15) is 13.8 Å². The van der Waals surface area contributed by atoms with Gasteiger partial charge in [-0.05, 0) is 17.4 Å². The highest BCUT2D eigenvalue weighted by atomic mass is 16.5. The molecule has 0 saturated carbocycles. The minimum atomic E-state index is -0.388. The quantitative estimate of drug-likeness (QED) is 0.749. The minimum Gasteiger partial charge on any atom is -0.482 e. The van der Waals surface area contributed by atoms with Crippen molar-refractivity contribution in [3.63, 3.8) is 0 Å². The number of rotatable bonds is 4. The third kappa shape index (κ3) is 2.47. The summed E-state index contributed by atoms with van der Waals surface area (Å²) in [7, 11) is 0. The van der Waals surface area contributed by atoms with Gasteiger partial charge >= 0.3 is 0 Å². The second-order valence-electron chi connectivity index (χ2n) is 4.44. The first-order valence-corrected chi connectivity index (χ1v) is 5.82. The van der Waals surface area contributed by atoms with Crippen LogP contribution in [0.25, 0.3) is 10.8 Å². The summed E-state index contributed by atoms with van der Waals surface area (Å²) in [6, 6.07) is 13.9. The standard InChI is InChI=1S/C15H16O2/c1-11(2)15(10-16)17-14-9-5-7-12-6-3-4-8-13(12)14/h3-11,15H,1-2H3. The van der Waals surface area contributed by atoms with Crippen molar-refractivity contribution in [2.45, 2.75) is 20.0 Å². The molecule has 2 nitrogen and oxygen atoms in total. The first-order chi connectivity index (χ1) is 8.22. The van der Waals surface area contributed by atoms with E-state index in [2.05, 4.69) is 0 Å². The SMILES string of the molecule is CC(C)C(C=O)Oc1cccc2ccccc12. The van der Waals surface area contributed by atoms with Crippen molar-refractivity contribution in [1.29, 1.82) is 0 Å². The summed E-state index contributed by atoms with van der Waals surface area (Å²) in [5.41, 5.74) is 0. The molecule has 0 bridgehead atoms. The summed E-state index contributed by atoms with van der Waals surface area (Å²) >= 11 is 0. The van der Waals surface area contributed by atoms with Gasteiger partial charge in [-0.25, -0.2) is 0 Å². The van der Waals surface area contributed by atoms with Gasteiger partial charge in [-0.2, -0.15) is 0 Å². The number of hydrogen-bond acceptors (Lipinski definition) is 2. The Hall–Kier alpha value is -1.83. The van der Waals surface area contributed by atoms with Crippen LogP contribution in [0.5, 0.6) is 5.75 Å². The molecule has 2 heteroatoms. The topological polar surface area (TPSA) is 26.3 Å². The van der Waals surface area contributed by atoms with Crippen molar-refractivity contribution in [2.75, 3.05) is 0 Å². The molecule has 2 aromatic rings. The van der Waals surface area contributed by atoms with Gasteiger partial charge < -0.3 is 4.74 Å². The number of carbonyl (C=O) groups is 1. The van der Waals surface area contributed by atoms with E-state index in [1.807, 2.05) is 56.3 Å². The lowest BCUT2D eigenvalue weighted by molar-refractivity contribution is -0.115. The lowest BCUT2D eigenvalue weighted by Crippen LogP contribution is -2.24. The van der Waals surface area contributed by atoms with Gasteiger partial charge in [-0.3, -0.25) is 4.79 Å². The van der Waals surface area contributed by atoms with Gasteiger partial charge in [0.25, 0.3) is 0 Å². The van der Waals surface area contributed by atoms with Crippen LogP contribution < -0.4 is 4.74 Å². The molecule has 2 rings (SSSR count). The van der Waals surface area contributed by atoms with Crippen LogP contribution in [0.3, 0.4) is 0 Å². The molecule has 88 valence electrons. The molecule has 0 aliphatic carbocycles. The Morgan fingerprint density at radius 1 is 1.06 bits per heavy atom. The van der Waals surface area contributed by atoms with Gasteiger partial charge in [-0.1, -0.05) is 50.2 Å². The molecule has 17 heavy (non-hydrogen) atoms. The summed E-state index contributed by atoms with van der Waals surface area (Å²) in [6.45, 7) is 3.95. The van der Waals surface area contributed by atoms with Gasteiger partial charge in [-0.15, -0.1) is 0 Å². The smallest absolute Gasteiger partial charge is 0.160 e. The predicted molar refractivity (Wildman–Crippen MR) is 69.3 cm³/mol. The molecule has 0 aliphatic heterocycles. The zero-order valence-electron chi connectivity index (χ0n) is 10.1. The van der Waals surface area contributed by atoms with E-state index in [4.69, 9.17) is 4.74 Å². The molecule has 0 radical (unpaired) electrons. The summed E-state index contributed by atoms with van der Waals surface area (Å²) in [5.74, 6) is 0.945. The first-order valence-electron chi connectivity index (χ1n) is 5.82. The fraction of sp³-hybridized carbons (Fsp3) is 0.267. The largest absolute Gasteiger partial charge is 0.482 e. The number of ether oxygens (including phenoxy) is 1. The number of fused-ring (bicyclic) bond motifs is 1. The van der Waals surface area contributed by atoms with Crippen molar-refractivity contribution in [3.8, 4) is 5.75 Å². The highest BCUT2D eigenvalue weighted by Crippen LogP contribution is 2.26. The molecule has 0 saturated heterocycles. The average Bonchev–Trinajstić information content (AvgIpc) is 2.35. The predicted octanol–water partition coefficient (Wildman–Crippen LogP) is 3.44. The molecule has 1 atom stereocenters. The summed E-state index contributed by atoms with van der Waals surface area (Å²) < 4.78 is 5.77. The highest BCUT2D eigenvalue weighted by Gasteiger charge is 2.14. The van der Waals surface area contributed by atoms with Gasteiger partial charge in [0.1, 0.15) is 5.75 Å². The van der Waals surface area contributed by atoms with Crippen LogP contribution in [0.2, 0.25) is 0 Å². The van der Waals surface area contributed by atoms with E-state index in [1.165, 1.54) is 0 Å². The average molecular weight is 228 g/mol. The molecule has 1 unspecified atom stereocenters. The van der Waals surface area contributed by atoms with E-state index >= 15 is 0 Å². The lowest BCUT2D eigenvalue weighted by Gasteiger charge is -2.18. The lowest BCUT2D eigenvalue weighted by atomic mass is 10.1. The van der Waals surface area contributed by atoms with Crippen molar-refractivity contribution >= 4 is 17.1 Å². The van der Waals surface area contributed by atoms with Gasteiger partial charge in [0.2, 0.25) is 0 Å². The number of benzene rings is 2. The Kier molecular flexibility index (Phi) is 3.43. The fourth-order valence-electron chi connectivity index (χ4n) is 1.77. The molecule has 0 spiro atoms. The third-order valence-electron chi connectivity index (χ3n) is 2.80. The monoisotopic (exact) mass is 228 g/mol. The maximum Gasteiger partial charge on any atom is 0.160 e. The van der Waals surface area contributed by atoms with Crippen molar-refractivity contribution in [1.82, 2.24) is 0 Å². The Labute approximate surface area is 101 Å². The van der Waals surface area contributed by atoms with Crippen LogP contribution in [0.4, 0.5) is 0 Å². The molecule has 0 aromatic heterocycles. The molecular weight excluding hydrogens is 212 g/mol. The zero-order valence-corrected chi connectivity index (χ0v) is 10.1. The minimum absolute atomic E-state index is 0.173. The normalized spacial score (nSPS) is 12.6. The van der Waals surface area contributed by atoms with Crippen LogP contribution in [0.15, 0.2) is 42.5 Å². The Bertz CT molecular complexity index is 512. The van der Waals surface area contributed by atoms with Crippen LogP contribution in [0, 0.1) is 5.92 Å². The maximum atomic E-state index is 11.0. The molecule has 2 aromatic carbocycles. The van der Waals surface area contributed by atoms with E-state index in [0.29, 0.717) is 0 Å². The van der Waals surface area contributed by atoms with Gasteiger partial charge in [0.05, 0.1) is 0 Å². The highest BCUT2D eigenvalue weighted by molar-refractivity contribution is 5.88. The molecule has 0 N–H and O–H groups in total. The second kappa shape index (κ2) is 5.00. The summed E-state index contributed by atoms with van der Waals surface area (Å²) in [6.07, 6.45) is 0.479. The molecule has 0 heterocycles. The van der Waals surface area contributed by atoms with Crippen molar-refractivity contribution < 1.29 is 9.53 Å². The van der Waals surface area contributed by atoms with Crippen LogP contribution in [-0.2, 0) is 4.79 Å². The first kappa shape index (κ1) is 11.6. The summed E-state index contributed by atoms with van der Waals surface area (Å²) in [5, 5.41) is 2.17. The van der Waals surface area contributed by atoms with E-state index in [1.54, 1.807) is 0 Å². The number of carbonyl (C=O) groups excluding carboxylic acids is 1. The van der Waals surface area contributed by atoms with E-state index in [9.17, 15) is 4.79 Å². The fourth-order valence-corrected chi connectivity index (χ4v) is 1.77. The Morgan fingerprint density at radius 3 is 2.47 bits per heavy atom. The maximum absolute atomic E-state index is 11.0. The van der Waals surface area contributed by atoms with Crippen LogP contribution >= 0.6 is 0 Å². The summed E-state index contributed by atoms with van der Waals surface area (Å²) in [4.78, 5) is 11.0. The van der Waals surface area contributed by atoms with E-state index < -0.39 is 0 Å². The van der Waals surface area contributed by atoms with E-state index in [0.717, 1.165) is 22.8 Å². The van der Waals surface area contributed by atoms with Crippen LogP contribution in [-0.4, -0.2) is 12.4 Å². The second-order valence-corrected chi connectivity index (χ2v) is 4.44.